The zero-order chi connectivity index (χ0) is 16.6. The van der Waals surface area contributed by atoms with Crippen molar-refractivity contribution < 1.29 is 0 Å². The van der Waals surface area contributed by atoms with Crippen molar-refractivity contribution in [3.63, 3.8) is 0 Å². The van der Waals surface area contributed by atoms with Crippen LogP contribution < -0.4 is 10.2 Å². The molecule has 24 heavy (non-hydrogen) atoms. The number of nitrogens with one attached hydrogen (secondary N) is 1. The van der Waals surface area contributed by atoms with Gasteiger partial charge in [-0.25, -0.2) is 0 Å². The van der Waals surface area contributed by atoms with E-state index in [1.54, 1.807) is 0 Å². The zero-order valence-electron chi connectivity index (χ0n) is 14.1. The van der Waals surface area contributed by atoms with Crippen molar-refractivity contribution >= 4 is 5.69 Å². The van der Waals surface area contributed by atoms with Gasteiger partial charge < -0.3 is 10.2 Å². The highest BCUT2D eigenvalue weighted by atomic mass is 15.1. The Morgan fingerprint density at radius 2 is 1.62 bits per heavy atom. The molecule has 0 saturated carbocycles. The molecule has 1 fully saturated rings. The highest BCUT2D eigenvalue weighted by Gasteiger charge is 2.22. The molecule has 0 spiro atoms. The zero-order valence-corrected chi connectivity index (χ0v) is 14.1. The van der Waals surface area contributed by atoms with Gasteiger partial charge in [0.25, 0.3) is 0 Å². The molecule has 1 heterocycles. The quantitative estimate of drug-likeness (QED) is 0.863. The van der Waals surface area contributed by atoms with Crippen LogP contribution in [0.1, 0.15) is 37.3 Å². The van der Waals surface area contributed by atoms with E-state index in [-0.39, 0.29) is 6.04 Å². The van der Waals surface area contributed by atoms with Crippen molar-refractivity contribution in [2.24, 2.45) is 0 Å². The first-order valence-corrected chi connectivity index (χ1v) is 8.85. The first-order chi connectivity index (χ1) is 11.9. The maximum Gasteiger partial charge on any atom is 0.0622 e. The normalized spacial score (nSPS) is 16.5. The van der Waals surface area contributed by atoms with Crippen molar-refractivity contribution in [2.45, 2.75) is 37.8 Å². The number of benzene rings is 2. The van der Waals surface area contributed by atoms with E-state index in [1.165, 1.54) is 11.3 Å². The van der Waals surface area contributed by atoms with E-state index in [1.807, 2.05) is 6.07 Å². The molecule has 1 N–H and O–H groups in total. The van der Waals surface area contributed by atoms with Crippen LogP contribution >= 0.6 is 0 Å². The van der Waals surface area contributed by atoms with Crippen molar-refractivity contribution in [1.82, 2.24) is 5.32 Å². The molecule has 1 aliphatic heterocycles. The van der Waals surface area contributed by atoms with E-state index < -0.39 is 0 Å². The second-order valence-electron chi connectivity index (χ2n) is 6.42. The summed E-state index contributed by atoms with van der Waals surface area (Å²) >= 11 is 0. The van der Waals surface area contributed by atoms with Gasteiger partial charge in [-0.2, -0.15) is 5.26 Å². The third-order valence-electron chi connectivity index (χ3n) is 4.80. The molecule has 124 valence electrons. The number of hydrogen-bond donors (Lipinski definition) is 1. The molecular weight excluding hydrogens is 294 g/mol. The van der Waals surface area contributed by atoms with Gasteiger partial charge in [0.05, 0.1) is 6.07 Å². The number of para-hydroxylation sites is 1. The molecule has 3 nitrogen and oxygen atoms in total. The summed E-state index contributed by atoms with van der Waals surface area (Å²) in [4.78, 5) is 2.46. The molecule has 0 bridgehead atoms. The van der Waals surface area contributed by atoms with E-state index >= 15 is 0 Å². The standard InChI is InChI=1S/C21H25N3/c22-15-7-12-21(18-8-3-1-4-9-18)23-19-13-16-24(17-14-19)20-10-5-2-6-11-20/h1-6,8-11,19,21,23H,7,12-14,16-17H2. The maximum absolute atomic E-state index is 8.94. The summed E-state index contributed by atoms with van der Waals surface area (Å²) in [5.74, 6) is 0. The number of rotatable bonds is 6. The van der Waals surface area contributed by atoms with E-state index in [0.717, 1.165) is 32.4 Å². The molecule has 0 amide bonds. The molecule has 1 saturated heterocycles. The minimum absolute atomic E-state index is 0.277. The summed E-state index contributed by atoms with van der Waals surface area (Å²) in [6, 6.07) is 24.3. The summed E-state index contributed by atoms with van der Waals surface area (Å²) in [5.41, 5.74) is 2.61. The number of piperidine rings is 1. The van der Waals surface area contributed by atoms with Crippen molar-refractivity contribution in [1.29, 1.82) is 5.26 Å². The lowest BCUT2D eigenvalue weighted by atomic mass is 9.98. The third kappa shape index (κ3) is 4.37. The van der Waals surface area contributed by atoms with Gasteiger partial charge in [-0.3, -0.25) is 0 Å². The highest BCUT2D eigenvalue weighted by Crippen LogP contribution is 2.24. The highest BCUT2D eigenvalue weighted by molar-refractivity contribution is 5.46. The van der Waals surface area contributed by atoms with Gasteiger partial charge in [-0.05, 0) is 37.0 Å². The van der Waals surface area contributed by atoms with Gasteiger partial charge in [0.1, 0.15) is 0 Å². The average molecular weight is 319 g/mol. The van der Waals surface area contributed by atoms with Crippen LogP contribution in [0.4, 0.5) is 5.69 Å². The molecule has 1 atom stereocenters. The largest absolute Gasteiger partial charge is 0.371 e. The van der Waals surface area contributed by atoms with Crippen LogP contribution in [0, 0.1) is 11.3 Å². The molecule has 0 aromatic heterocycles. The number of nitrogens with zero attached hydrogens (tertiary/aromatic N) is 2. The Morgan fingerprint density at radius 1 is 1.00 bits per heavy atom. The van der Waals surface area contributed by atoms with Gasteiger partial charge in [-0.15, -0.1) is 0 Å². The Balaban J connectivity index is 1.58. The summed E-state index contributed by atoms with van der Waals surface area (Å²) in [6.07, 6.45) is 3.75. The lowest BCUT2D eigenvalue weighted by molar-refractivity contribution is 0.360. The molecule has 2 aromatic carbocycles. The van der Waals surface area contributed by atoms with E-state index in [0.29, 0.717) is 12.5 Å². The van der Waals surface area contributed by atoms with Gasteiger partial charge in [-0.1, -0.05) is 48.5 Å². The topological polar surface area (TPSA) is 39.1 Å². The molecule has 2 aromatic rings. The van der Waals surface area contributed by atoms with Crippen LogP contribution in [0.15, 0.2) is 60.7 Å². The number of nitriles is 1. The van der Waals surface area contributed by atoms with Gasteiger partial charge >= 0.3 is 0 Å². The van der Waals surface area contributed by atoms with Gasteiger partial charge in [0, 0.05) is 37.3 Å². The van der Waals surface area contributed by atoms with Crippen LogP contribution in [0.2, 0.25) is 0 Å². The van der Waals surface area contributed by atoms with Crippen LogP contribution in [-0.4, -0.2) is 19.1 Å². The second kappa shape index (κ2) is 8.52. The Morgan fingerprint density at radius 3 is 2.25 bits per heavy atom. The molecule has 3 heteroatoms. The van der Waals surface area contributed by atoms with Crippen LogP contribution in [0.5, 0.6) is 0 Å². The van der Waals surface area contributed by atoms with Crippen molar-refractivity contribution in [3.8, 4) is 6.07 Å². The Bertz CT molecular complexity index is 640. The van der Waals surface area contributed by atoms with Crippen molar-refractivity contribution in [2.75, 3.05) is 18.0 Å². The summed E-state index contributed by atoms with van der Waals surface area (Å²) in [7, 11) is 0. The Hall–Kier alpha value is -2.31. The average Bonchev–Trinajstić information content (AvgIpc) is 2.67. The SMILES string of the molecule is N#CCCC(NC1CCN(c2ccccc2)CC1)c1ccccc1. The summed E-state index contributed by atoms with van der Waals surface area (Å²) < 4.78 is 0. The first kappa shape index (κ1) is 16.5. The fraction of sp³-hybridized carbons (Fsp3) is 0.381. The predicted molar refractivity (Wildman–Crippen MR) is 98.8 cm³/mol. The van der Waals surface area contributed by atoms with Crippen molar-refractivity contribution in [3.05, 3.63) is 66.2 Å². The van der Waals surface area contributed by atoms with E-state index in [2.05, 4.69) is 70.9 Å². The lowest BCUT2D eigenvalue weighted by Crippen LogP contribution is -2.43. The minimum Gasteiger partial charge on any atom is -0.371 e. The summed E-state index contributed by atoms with van der Waals surface area (Å²) in [6.45, 7) is 2.17. The fourth-order valence-electron chi connectivity index (χ4n) is 3.47. The second-order valence-corrected chi connectivity index (χ2v) is 6.42. The lowest BCUT2D eigenvalue weighted by Gasteiger charge is -2.36. The smallest absolute Gasteiger partial charge is 0.0622 e. The fourth-order valence-corrected chi connectivity index (χ4v) is 3.47. The summed E-state index contributed by atoms with van der Waals surface area (Å²) in [5, 5.41) is 12.7. The van der Waals surface area contributed by atoms with Crippen LogP contribution in [0.3, 0.4) is 0 Å². The van der Waals surface area contributed by atoms with E-state index in [9.17, 15) is 0 Å². The minimum atomic E-state index is 0.277. The Kier molecular flexibility index (Phi) is 5.87. The molecule has 0 radical (unpaired) electrons. The molecule has 0 aliphatic carbocycles. The van der Waals surface area contributed by atoms with Crippen LogP contribution in [0.25, 0.3) is 0 Å². The van der Waals surface area contributed by atoms with Gasteiger partial charge in [0.15, 0.2) is 0 Å². The van der Waals surface area contributed by atoms with Gasteiger partial charge in [0.2, 0.25) is 0 Å². The molecule has 3 rings (SSSR count). The Labute approximate surface area is 144 Å². The molecule has 1 unspecified atom stereocenters. The monoisotopic (exact) mass is 319 g/mol. The molecular formula is C21H25N3. The molecule has 1 aliphatic rings. The maximum atomic E-state index is 8.94. The van der Waals surface area contributed by atoms with Crippen LogP contribution in [-0.2, 0) is 0 Å². The first-order valence-electron chi connectivity index (χ1n) is 8.85. The number of anilines is 1. The predicted octanol–water partition coefficient (Wildman–Crippen LogP) is 4.29. The van der Waals surface area contributed by atoms with E-state index in [4.69, 9.17) is 5.26 Å². The third-order valence-corrected chi connectivity index (χ3v) is 4.80. The number of hydrogen-bond acceptors (Lipinski definition) is 3.